The average molecular weight is 344 g/mol. The number of ketones is 1. The van der Waals surface area contributed by atoms with Crippen LogP contribution in [-0.4, -0.2) is 10.8 Å². The Morgan fingerprint density at radius 3 is 2.76 bits per heavy atom. The molecule has 2 nitrogen and oxygen atoms in total. The molecule has 0 amide bonds. The van der Waals surface area contributed by atoms with E-state index in [-0.39, 0.29) is 18.0 Å². The van der Waals surface area contributed by atoms with Crippen LogP contribution in [0.5, 0.6) is 0 Å². The minimum absolute atomic E-state index is 0.0298. The lowest BCUT2D eigenvalue weighted by molar-refractivity contribution is 0.0994. The standard InChI is InChI=1S/C17H11BrFNO/c18-14-9-11(6-7-15(14)19)10-16(21)13-5-1-3-12-4-2-8-20-17(12)13/h1-9H,10H2. The molecular weight excluding hydrogens is 333 g/mol. The van der Waals surface area contributed by atoms with Gasteiger partial charge in [0.1, 0.15) is 5.82 Å². The lowest BCUT2D eigenvalue weighted by atomic mass is 10.0. The van der Waals surface area contributed by atoms with Crippen LogP contribution in [0, 0.1) is 5.82 Å². The SMILES string of the molecule is O=C(Cc1ccc(F)c(Br)c1)c1cccc2cccnc12. The minimum Gasteiger partial charge on any atom is -0.294 e. The van der Waals surface area contributed by atoms with Gasteiger partial charge in [-0.1, -0.05) is 24.3 Å². The summed E-state index contributed by atoms with van der Waals surface area (Å²) in [5.41, 5.74) is 2.06. The van der Waals surface area contributed by atoms with Crippen LogP contribution in [0.15, 0.2) is 59.2 Å². The van der Waals surface area contributed by atoms with E-state index in [1.54, 1.807) is 24.4 Å². The maximum atomic E-state index is 13.2. The second kappa shape index (κ2) is 5.74. The predicted molar refractivity (Wildman–Crippen MR) is 83.9 cm³/mol. The molecule has 0 fully saturated rings. The molecule has 0 unspecified atom stereocenters. The summed E-state index contributed by atoms with van der Waals surface area (Å²) >= 11 is 3.13. The molecule has 0 saturated heterocycles. The molecule has 0 aliphatic rings. The second-order valence-corrected chi connectivity index (χ2v) is 5.58. The normalized spacial score (nSPS) is 10.8. The van der Waals surface area contributed by atoms with Crippen LogP contribution in [0.4, 0.5) is 4.39 Å². The second-order valence-electron chi connectivity index (χ2n) is 4.73. The lowest BCUT2D eigenvalue weighted by Crippen LogP contribution is -2.05. The maximum Gasteiger partial charge on any atom is 0.169 e. The Balaban J connectivity index is 1.95. The number of nitrogens with zero attached hydrogens (tertiary/aromatic N) is 1. The first-order chi connectivity index (χ1) is 10.1. The van der Waals surface area contributed by atoms with Crippen molar-refractivity contribution in [1.82, 2.24) is 4.98 Å². The number of carbonyl (C=O) groups excluding carboxylic acids is 1. The van der Waals surface area contributed by atoms with Crippen LogP contribution in [0.25, 0.3) is 10.9 Å². The Morgan fingerprint density at radius 1 is 1.14 bits per heavy atom. The number of hydrogen-bond donors (Lipinski definition) is 0. The molecule has 0 aliphatic heterocycles. The number of benzene rings is 2. The van der Waals surface area contributed by atoms with Gasteiger partial charge in [0.2, 0.25) is 0 Å². The van der Waals surface area contributed by atoms with E-state index >= 15 is 0 Å². The van der Waals surface area contributed by atoms with Crippen molar-refractivity contribution in [3.8, 4) is 0 Å². The fourth-order valence-electron chi connectivity index (χ4n) is 2.26. The van der Waals surface area contributed by atoms with Crippen LogP contribution in [0.3, 0.4) is 0 Å². The third-order valence-corrected chi connectivity index (χ3v) is 3.89. The van der Waals surface area contributed by atoms with Crippen LogP contribution >= 0.6 is 15.9 Å². The van der Waals surface area contributed by atoms with Crippen molar-refractivity contribution >= 4 is 32.6 Å². The molecule has 21 heavy (non-hydrogen) atoms. The summed E-state index contributed by atoms with van der Waals surface area (Å²) in [5.74, 6) is -0.365. The molecule has 1 heterocycles. The molecule has 0 bridgehead atoms. The monoisotopic (exact) mass is 343 g/mol. The quantitative estimate of drug-likeness (QED) is 0.652. The molecule has 0 aliphatic carbocycles. The maximum absolute atomic E-state index is 13.2. The summed E-state index contributed by atoms with van der Waals surface area (Å²) in [6.45, 7) is 0. The van der Waals surface area contributed by atoms with Gasteiger partial charge in [0.05, 0.1) is 9.99 Å². The number of carbonyl (C=O) groups is 1. The van der Waals surface area contributed by atoms with Gasteiger partial charge in [-0.15, -0.1) is 0 Å². The van der Waals surface area contributed by atoms with Crippen molar-refractivity contribution in [2.24, 2.45) is 0 Å². The molecule has 1 aromatic heterocycles. The first-order valence-electron chi connectivity index (χ1n) is 6.46. The molecule has 0 radical (unpaired) electrons. The smallest absolute Gasteiger partial charge is 0.169 e. The Kier molecular flexibility index (Phi) is 3.80. The molecular formula is C17H11BrFNO. The fourth-order valence-corrected chi connectivity index (χ4v) is 2.69. The molecule has 0 atom stereocenters. The minimum atomic E-state index is -0.335. The molecule has 4 heteroatoms. The van der Waals surface area contributed by atoms with Crippen LogP contribution in [0.2, 0.25) is 0 Å². The molecule has 104 valence electrons. The van der Waals surface area contributed by atoms with Crippen molar-refractivity contribution in [1.29, 1.82) is 0 Å². The van der Waals surface area contributed by atoms with E-state index in [0.717, 1.165) is 10.9 Å². The van der Waals surface area contributed by atoms with Gasteiger partial charge in [0, 0.05) is 23.6 Å². The molecule has 0 spiro atoms. The van der Waals surface area contributed by atoms with Gasteiger partial charge in [0.25, 0.3) is 0 Å². The van der Waals surface area contributed by atoms with E-state index in [0.29, 0.717) is 15.6 Å². The Bertz CT molecular complexity index is 827. The van der Waals surface area contributed by atoms with E-state index in [1.807, 2.05) is 24.3 Å². The highest BCUT2D eigenvalue weighted by Gasteiger charge is 2.12. The Labute approximate surface area is 129 Å². The molecule has 3 rings (SSSR count). The number of para-hydroxylation sites is 1. The molecule has 0 N–H and O–H groups in total. The van der Waals surface area contributed by atoms with E-state index in [1.165, 1.54) is 6.07 Å². The molecule has 3 aromatic rings. The molecule has 0 saturated carbocycles. The summed E-state index contributed by atoms with van der Waals surface area (Å²) in [4.78, 5) is 16.8. The van der Waals surface area contributed by atoms with Gasteiger partial charge in [-0.2, -0.15) is 0 Å². The third-order valence-electron chi connectivity index (χ3n) is 3.28. The first kappa shape index (κ1) is 13.9. The van der Waals surface area contributed by atoms with Crippen LogP contribution in [0.1, 0.15) is 15.9 Å². The average Bonchev–Trinajstić information content (AvgIpc) is 2.50. The third kappa shape index (κ3) is 2.85. The topological polar surface area (TPSA) is 30.0 Å². The van der Waals surface area contributed by atoms with Crippen molar-refractivity contribution in [2.75, 3.05) is 0 Å². The number of aromatic nitrogens is 1. The summed E-state index contributed by atoms with van der Waals surface area (Å²) in [6, 6.07) is 13.9. The van der Waals surface area contributed by atoms with Gasteiger partial charge in [-0.25, -0.2) is 4.39 Å². The number of halogens is 2. The highest BCUT2D eigenvalue weighted by Crippen LogP contribution is 2.21. The highest BCUT2D eigenvalue weighted by molar-refractivity contribution is 9.10. The van der Waals surface area contributed by atoms with E-state index in [2.05, 4.69) is 20.9 Å². The Morgan fingerprint density at radius 2 is 1.95 bits per heavy atom. The van der Waals surface area contributed by atoms with Crippen LogP contribution < -0.4 is 0 Å². The van der Waals surface area contributed by atoms with Crippen molar-refractivity contribution in [2.45, 2.75) is 6.42 Å². The van der Waals surface area contributed by atoms with Gasteiger partial charge in [-0.05, 0) is 45.8 Å². The van der Waals surface area contributed by atoms with E-state index in [4.69, 9.17) is 0 Å². The summed E-state index contributed by atoms with van der Waals surface area (Å²) in [6.07, 6.45) is 1.89. The van der Waals surface area contributed by atoms with Gasteiger partial charge in [0.15, 0.2) is 5.78 Å². The number of fused-ring (bicyclic) bond motifs is 1. The van der Waals surface area contributed by atoms with E-state index in [9.17, 15) is 9.18 Å². The zero-order valence-electron chi connectivity index (χ0n) is 11.0. The fraction of sp³-hybridized carbons (Fsp3) is 0.0588. The summed E-state index contributed by atoms with van der Waals surface area (Å²) in [7, 11) is 0. The number of pyridine rings is 1. The largest absolute Gasteiger partial charge is 0.294 e. The number of rotatable bonds is 3. The zero-order chi connectivity index (χ0) is 14.8. The van der Waals surface area contributed by atoms with Crippen molar-refractivity contribution in [3.05, 3.63) is 76.1 Å². The van der Waals surface area contributed by atoms with Crippen molar-refractivity contribution in [3.63, 3.8) is 0 Å². The molecule has 2 aromatic carbocycles. The predicted octanol–water partition coefficient (Wildman–Crippen LogP) is 4.56. The Hall–Kier alpha value is -2.07. The van der Waals surface area contributed by atoms with Gasteiger partial charge >= 0.3 is 0 Å². The summed E-state index contributed by atoms with van der Waals surface area (Å²) < 4.78 is 13.6. The number of hydrogen-bond acceptors (Lipinski definition) is 2. The lowest BCUT2D eigenvalue weighted by Gasteiger charge is -2.06. The van der Waals surface area contributed by atoms with Crippen molar-refractivity contribution < 1.29 is 9.18 Å². The zero-order valence-corrected chi connectivity index (χ0v) is 12.6. The van der Waals surface area contributed by atoms with Gasteiger partial charge < -0.3 is 0 Å². The van der Waals surface area contributed by atoms with Gasteiger partial charge in [-0.3, -0.25) is 9.78 Å². The number of Topliss-reactive ketones (excluding diaryl/α,β-unsaturated/α-hetero) is 1. The first-order valence-corrected chi connectivity index (χ1v) is 7.25. The van der Waals surface area contributed by atoms with Crippen LogP contribution in [-0.2, 0) is 6.42 Å². The van der Waals surface area contributed by atoms with E-state index < -0.39 is 0 Å². The summed E-state index contributed by atoms with van der Waals surface area (Å²) in [5, 5.41) is 0.934. The highest BCUT2D eigenvalue weighted by atomic mass is 79.9.